The normalized spacial score (nSPS) is 16.8. The average Bonchev–Trinajstić information content (AvgIpc) is 2.93. The zero-order chi connectivity index (χ0) is 28.8. The topological polar surface area (TPSA) is 146 Å². The first-order chi connectivity index (χ1) is 19.0. The van der Waals surface area contributed by atoms with Crippen molar-refractivity contribution < 1.29 is 32.3 Å². The molecule has 0 bridgehead atoms. The number of carbonyl (C=O) groups is 3. The third-order valence-electron chi connectivity index (χ3n) is 7.00. The maximum Gasteiger partial charge on any atom is 0.276 e. The van der Waals surface area contributed by atoms with E-state index < -0.39 is 56.3 Å². The molecule has 1 unspecified atom stereocenters. The van der Waals surface area contributed by atoms with Crippen LogP contribution in [0.15, 0.2) is 64.4 Å². The Morgan fingerprint density at radius 3 is 2.38 bits per heavy atom. The number of amides is 3. The van der Waals surface area contributed by atoms with Crippen molar-refractivity contribution in [3.05, 3.63) is 93.2 Å². The Bertz CT molecular complexity index is 1690. The molecule has 11 nitrogen and oxygen atoms in total. The van der Waals surface area contributed by atoms with Crippen molar-refractivity contribution in [2.75, 3.05) is 19.3 Å². The highest BCUT2D eigenvalue weighted by Crippen LogP contribution is 2.29. The summed E-state index contributed by atoms with van der Waals surface area (Å²) in [5, 5.41) is 13.2. The third-order valence-corrected chi connectivity index (χ3v) is 8.13. The van der Waals surface area contributed by atoms with Crippen molar-refractivity contribution in [3.8, 4) is 5.75 Å². The lowest BCUT2D eigenvalue weighted by Gasteiger charge is -2.47. The minimum atomic E-state index is -3.45. The van der Waals surface area contributed by atoms with E-state index in [0.717, 1.165) is 6.26 Å². The Labute approximate surface area is 228 Å². The van der Waals surface area contributed by atoms with Gasteiger partial charge in [0.2, 0.25) is 5.43 Å². The number of hydrogen-bond donors (Lipinski definition) is 2. The van der Waals surface area contributed by atoms with Gasteiger partial charge in [-0.3, -0.25) is 19.2 Å². The summed E-state index contributed by atoms with van der Waals surface area (Å²) in [6.45, 7) is 0.582. The van der Waals surface area contributed by atoms with Crippen LogP contribution in [0.5, 0.6) is 5.75 Å². The van der Waals surface area contributed by atoms with Crippen LogP contribution in [-0.4, -0.2) is 71.1 Å². The number of hydrogen-bond acceptors (Lipinski definition) is 7. The van der Waals surface area contributed by atoms with E-state index in [2.05, 4.69) is 5.32 Å². The predicted octanol–water partition coefficient (Wildman–Crippen LogP) is 1.35. The van der Waals surface area contributed by atoms with E-state index in [1.54, 1.807) is 0 Å². The number of rotatable bonds is 5. The summed E-state index contributed by atoms with van der Waals surface area (Å²) in [6.07, 6.45) is 1.93. The van der Waals surface area contributed by atoms with E-state index in [9.17, 15) is 37.1 Å². The monoisotopic (exact) mass is 568 g/mol. The summed E-state index contributed by atoms with van der Waals surface area (Å²) in [6, 6.07) is 10.9. The van der Waals surface area contributed by atoms with Crippen molar-refractivity contribution in [1.82, 2.24) is 19.7 Å². The molecule has 0 spiro atoms. The minimum absolute atomic E-state index is 0.00317. The number of aromatic nitrogens is 1. The molecular weight excluding hydrogens is 543 g/mol. The predicted molar refractivity (Wildman–Crippen MR) is 140 cm³/mol. The molecule has 0 saturated carbocycles. The smallest absolute Gasteiger partial charge is 0.276 e. The molecule has 1 aromatic heterocycles. The van der Waals surface area contributed by atoms with Crippen molar-refractivity contribution in [2.45, 2.75) is 30.6 Å². The number of carbonyl (C=O) groups excluding carboxylic acids is 3. The molecule has 1 atom stereocenters. The number of halogens is 1. The van der Waals surface area contributed by atoms with Gasteiger partial charge in [-0.2, -0.15) is 0 Å². The fourth-order valence-electron chi connectivity index (χ4n) is 4.93. The van der Waals surface area contributed by atoms with Crippen LogP contribution in [0.4, 0.5) is 4.39 Å². The molecule has 40 heavy (non-hydrogen) atoms. The van der Waals surface area contributed by atoms with Crippen LogP contribution in [0.1, 0.15) is 43.2 Å². The Morgan fingerprint density at radius 1 is 1.05 bits per heavy atom. The highest BCUT2D eigenvalue weighted by atomic mass is 32.2. The Balaban J connectivity index is 1.43. The molecule has 5 rings (SSSR count). The lowest BCUT2D eigenvalue weighted by molar-refractivity contribution is -0.00391. The van der Waals surface area contributed by atoms with Crippen LogP contribution in [-0.2, 0) is 22.9 Å². The molecular formula is C27H25FN4O7S. The molecule has 2 aromatic carbocycles. The van der Waals surface area contributed by atoms with E-state index >= 15 is 0 Å². The highest BCUT2D eigenvalue weighted by molar-refractivity contribution is 7.90. The Kier molecular flexibility index (Phi) is 6.92. The largest absolute Gasteiger partial charge is 0.503 e. The summed E-state index contributed by atoms with van der Waals surface area (Å²) in [7, 11) is -3.45. The van der Waals surface area contributed by atoms with Crippen LogP contribution in [0, 0.1) is 5.82 Å². The zero-order valence-electron chi connectivity index (χ0n) is 21.3. The standard InChI is InChI=1S/C27H25FN4O7S/c1-40(38,39)19-9-5-17(6-10-19)26(36)31-11-2-12-32-21(31)15-30-14-20(23(33)24(34)22(30)27(32)37)25(35)29-13-16-3-7-18(28)8-4-16/h3-10,14,21,34H,2,11-13,15H2,1H3,(H,29,35). The molecule has 1 fully saturated rings. The average molecular weight is 569 g/mol. The fourth-order valence-corrected chi connectivity index (χ4v) is 5.56. The lowest BCUT2D eigenvalue weighted by Crippen LogP contribution is -2.62. The first kappa shape index (κ1) is 27.1. The van der Waals surface area contributed by atoms with Crippen LogP contribution in [0.25, 0.3) is 0 Å². The van der Waals surface area contributed by atoms with Gasteiger partial charge in [0.05, 0.1) is 11.4 Å². The number of fused-ring (bicyclic) bond motifs is 2. The summed E-state index contributed by atoms with van der Waals surface area (Å²) in [4.78, 5) is 55.4. The summed E-state index contributed by atoms with van der Waals surface area (Å²) in [5.74, 6) is -3.18. The minimum Gasteiger partial charge on any atom is -0.503 e. The summed E-state index contributed by atoms with van der Waals surface area (Å²) in [5.41, 5.74) is -0.858. The molecule has 2 aliphatic rings. The highest BCUT2D eigenvalue weighted by Gasteiger charge is 2.42. The number of nitrogens with one attached hydrogen (secondary N) is 1. The fraction of sp³-hybridized carbons (Fsp3) is 0.259. The number of aromatic hydroxyl groups is 1. The van der Waals surface area contributed by atoms with Gasteiger partial charge in [-0.15, -0.1) is 0 Å². The van der Waals surface area contributed by atoms with Crippen LogP contribution in [0.2, 0.25) is 0 Å². The van der Waals surface area contributed by atoms with Gasteiger partial charge >= 0.3 is 0 Å². The van der Waals surface area contributed by atoms with E-state index in [1.807, 2.05) is 0 Å². The van der Waals surface area contributed by atoms with Crippen molar-refractivity contribution in [3.63, 3.8) is 0 Å². The molecule has 1 saturated heterocycles. The number of pyridine rings is 1. The Hall–Kier alpha value is -4.52. The molecule has 0 radical (unpaired) electrons. The molecule has 2 aliphatic heterocycles. The second kappa shape index (κ2) is 10.2. The maximum absolute atomic E-state index is 13.4. The van der Waals surface area contributed by atoms with Crippen molar-refractivity contribution in [2.24, 2.45) is 0 Å². The van der Waals surface area contributed by atoms with Gasteiger partial charge in [0, 0.05) is 37.7 Å². The first-order valence-electron chi connectivity index (χ1n) is 12.4. The summed E-state index contributed by atoms with van der Waals surface area (Å²) >= 11 is 0. The van der Waals surface area contributed by atoms with Crippen molar-refractivity contribution >= 4 is 27.6 Å². The quantitative estimate of drug-likeness (QED) is 0.473. The molecule has 13 heteroatoms. The van der Waals surface area contributed by atoms with Gasteiger partial charge in [-0.05, 0) is 48.4 Å². The Morgan fingerprint density at radius 2 is 1.73 bits per heavy atom. The van der Waals surface area contributed by atoms with E-state index in [-0.39, 0.29) is 35.8 Å². The molecule has 3 aromatic rings. The maximum atomic E-state index is 13.4. The van der Waals surface area contributed by atoms with Gasteiger partial charge < -0.3 is 24.8 Å². The van der Waals surface area contributed by atoms with Crippen LogP contribution in [0.3, 0.4) is 0 Å². The van der Waals surface area contributed by atoms with Gasteiger partial charge in [0.25, 0.3) is 17.7 Å². The van der Waals surface area contributed by atoms with E-state index in [1.165, 1.54) is 69.1 Å². The molecule has 3 heterocycles. The summed E-state index contributed by atoms with van der Waals surface area (Å²) < 4.78 is 38.0. The third kappa shape index (κ3) is 4.95. The number of sulfone groups is 1. The van der Waals surface area contributed by atoms with Gasteiger partial charge in [-0.25, -0.2) is 12.8 Å². The first-order valence-corrected chi connectivity index (χ1v) is 14.3. The second-order valence-corrected chi connectivity index (χ2v) is 11.7. The zero-order valence-corrected chi connectivity index (χ0v) is 22.2. The van der Waals surface area contributed by atoms with Gasteiger partial charge in [0.1, 0.15) is 17.5 Å². The van der Waals surface area contributed by atoms with Gasteiger partial charge in [0.15, 0.2) is 21.3 Å². The van der Waals surface area contributed by atoms with Gasteiger partial charge in [-0.1, -0.05) is 12.1 Å². The van der Waals surface area contributed by atoms with E-state index in [0.29, 0.717) is 18.5 Å². The molecule has 0 aliphatic carbocycles. The molecule has 208 valence electrons. The SMILES string of the molecule is CS(=O)(=O)c1ccc(C(=O)N2CCCN3C(=O)c4c(O)c(=O)c(C(=O)NCc5ccc(F)cc5)cn4CC23)cc1. The van der Waals surface area contributed by atoms with Crippen LogP contribution >= 0.6 is 0 Å². The van der Waals surface area contributed by atoms with Crippen molar-refractivity contribution in [1.29, 1.82) is 0 Å². The number of benzene rings is 2. The molecule has 3 amide bonds. The van der Waals surface area contributed by atoms with Crippen LogP contribution < -0.4 is 10.7 Å². The second-order valence-electron chi connectivity index (χ2n) is 9.66. The van der Waals surface area contributed by atoms with E-state index in [4.69, 9.17) is 0 Å². The lowest BCUT2D eigenvalue weighted by atomic mass is 10.1. The number of nitrogens with zero attached hydrogens (tertiary/aromatic N) is 3. The molecule has 2 N–H and O–H groups in total.